The van der Waals surface area contributed by atoms with Crippen molar-refractivity contribution in [2.24, 2.45) is 0 Å². The van der Waals surface area contributed by atoms with Gasteiger partial charge < -0.3 is 9.30 Å². The van der Waals surface area contributed by atoms with Crippen LogP contribution in [0.2, 0.25) is 0 Å². The van der Waals surface area contributed by atoms with Crippen LogP contribution in [0.15, 0.2) is 12.1 Å². The molecule has 0 fully saturated rings. The second-order valence-electron chi connectivity index (χ2n) is 4.57. The van der Waals surface area contributed by atoms with Crippen LogP contribution in [0.25, 0.3) is 11.2 Å². The highest BCUT2D eigenvalue weighted by atomic mass is 35.5. The van der Waals surface area contributed by atoms with Crippen molar-refractivity contribution in [1.82, 2.24) is 14.5 Å². The summed E-state index contributed by atoms with van der Waals surface area (Å²) in [5.74, 6) is 1.91. The van der Waals surface area contributed by atoms with Gasteiger partial charge in [0.15, 0.2) is 5.65 Å². The average Bonchev–Trinajstić information content (AvgIpc) is 2.80. The molecular formula is C14H20ClN3O. The molecule has 0 saturated heterocycles. The Kier molecular flexibility index (Phi) is 5.02. The molecule has 0 amide bonds. The fourth-order valence-corrected chi connectivity index (χ4v) is 2.38. The van der Waals surface area contributed by atoms with Crippen LogP contribution in [0.5, 0.6) is 5.88 Å². The summed E-state index contributed by atoms with van der Waals surface area (Å²) < 4.78 is 7.29. The molecule has 0 N–H and O–H groups in total. The summed E-state index contributed by atoms with van der Waals surface area (Å²) in [4.78, 5) is 9.00. The topological polar surface area (TPSA) is 39.9 Å². The van der Waals surface area contributed by atoms with E-state index in [1.165, 1.54) is 19.3 Å². The molecule has 0 spiro atoms. The highest BCUT2D eigenvalue weighted by Gasteiger charge is 2.11. The molecule has 2 aromatic rings. The summed E-state index contributed by atoms with van der Waals surface area (Å²) in [6.07, 6.45) is 4.85. The van der Waals surface area contributed by atoms with Crippen molar-refractivity contribution in [3.05, 3.63) is 18.0 Å². The van der Waals surface area contributed by atoms with Crippen LogP contribution in [0.1, 0.15) is 38.4 Å². The smallest absolute Gasteiger partial charge is 0.215 e. The van der Waals surface area contributed by atoms with Gasteiger partial charge in [-0.2, -0.15) is 4.98 Å². The van der Waals surface area contributed by atoms with Crippen LogP contribution in [0.4, 0.5) is 0 Å². The summed E-state index contributed by atoms with van der Waals surface area (Å²) >= 11 is 5.97. The van der Waals surface area contributed by atoms with Crippen molar-refractivity contribution in [3.63, 3.8) is 0 Å². The quantitative estimate of drug-likeness (QED) is 0.573. The van der Waals surface area contributed by atoms with Gasteiger partial charge in [0, 0.05) is 12.6 Å². The Morgan fingerprint density at radius 2 is 2.05 bits per heavy atom. The number of methoxy groups -OCH3 is 1. The number of pyridine rings is 1. The van der Waals surface area contributed by atoms with Gasteiger partial charge in [-0.25, -0.2) is 4.98 Å². The molecule has 4 nitrogen and oxygen atoms in total. The van der Waals surface area contributed by atoms with Gasteiger partial charge >= 0.3 is 0 Å². The molecule has 0 aromatic carbocycles. The number of ether oxygens (including phenoxy) is 1. The standard InChI is InChI=1S/C14H20ClN3O/c1-3-4-5-6-9-18-12(10-15)16-11-7-8-13(19-2)17-14(11)18/h7-8H,3-6,9-10H2,1-2H3. The van der Waals surface area contributed by atoms with Crippen LogP contribution in [-0.4, -0.2) is 21.6 Å². The van der Waals surface area contributed by atoms with Gasteiger partial charge in [0.25, 0.3) is 0 Å². The number of unbranched alkanes of at least 4 members (excludes halogenated alkanes) is 3. The number of aromatic nitrogens is 3. The van der Waals surface area contributed by atoms with E-state index in [2.05, 4.69) is 21.5 Å². The predicted octanol–water partition coefficient (Wildman–Crippen LogP) is 3.76. The number of rotatable bonds is 7. The molecule has 0 aliphatic heterocycles. The SMILES string of the molecule is CCCCCCn1c(CCl)nc2ccc(OC)nc21. The maximum Gasteiger partial charge on any atom is 0.215 e. The molecule has 0 aliphatic rings. The number of imidazole rings is 1. The summed E-state index contributed by atoms with van der Waals surface area (Å²) in [7, 11) is 1.62. The van der Waals surface area contributed by atoms with Crippen molar-refractivity contribution >= 4 is 22.8 Å². The minimum Gasteiger partial charge on any atom is -0.481 e. The van der Waals surface area contributed by atoms with Crippen LogP contribution in [-0.2, 0) is 12.4 Å². The number of hydrogen-bond acceptors (Lipinski definition) is 3. The highest BCUT2D eigenvalue weighted by molar-refractivity contribution is 6.16. The van der Waals surface area contributed by atoms with Crippen LogP contribution >= 0.6 is 11.6 Å². The molecule has 2 aromatic heterocycles. The molecular weight excluding hydrogens is 262 g/mol. The molecule has 2 heterocycles. The van der Waals surface area contributed by atoms with Gasteiger partial charge in [-0.05, 0) is 12.5 Å². The molecule has 104 valence electrons. The molecule has 0 unspecified atom stereocenters. The first-order chi connectivity index (χ1) is 9.30. The van der Waals surface area contributed by atoms with Crippen LogP contribution in [0, 0.1) is 0 Å². The number of alkyl halides is 1. The number of fused-ring (bicyclic) bond motifs is 1. The zero-order valence-corrected chi connectivity index (χ0v) is 12.3. The second kappa shape index (κ2) is 6.75. The predicted molar refractivity (Wildman–Crippen MR) is 77.8 cm³/mol. The first kappa shape index (κ1) is 14.1. The van der Waals surface area contributed by atoms with Crippen molar-refractivity contribution in [1.29, 1.82) is 0 Å². The molecule has 0 saturated carbocycles. The molecule has 0 bridgehead atoms. The summed E-state index contributed by atoms with van der Waals surface area (Å²) in [6, 6.07) is 3.76. The van der Waals surface area contributed by atoms with Crippen molar-refractivity contribution in [2.75, 3.05) is 7.11 Å². The first-order valence-corrected chi connectivity index (χ1v) is 7.29. The molecule has 19 heavy (non-hydrogen) atoms. The third-order valence-corrected chi connectivity index (χ3v) is 3.45. The Balaban J connectivity index is 2.27. The van der Waals surface area contributed by atoms with E-state index in [4.69, 9.17) is 16.3 Å². The third kappa shape index (κ3) is 3.18. The minimum atomic E-state index is 0.409. The van der Waals surface area contributed by atoms with Crippen molar-refractivity contribution in [2.45, 2.75) is 45.0 Å². The van der Waals surface area contributed by atoms with Gasteiger partial charge in [-0.3, -0.25) is 0 Å². The lowest BCUT2D eigenvalue weighted by Crippen LogP contribution is -2.04. The third-order valence-electron chi connectivity index (χ3n) is 3.21. The maximum atomic E-state index is 5.97. The van der Waals surface area contributed by atoms with Gasteiger partial charge in [-0.15, -0.1) is 11.6 Å². The monoisotopic (exact) mass is 281 g/mol. The molecule has 0 radical (unpaired) electrons. The van der Waals surface area contributed by atoms with Gasteiger partial charge in [-0.1, -0.05) is 26.2 Å². The maximum absolute atomic E-state index is 5.97. The van der Waals surface area contributed by atoms with Gasteiger partial charge in [0.05, 0.1) is 13.0 Å². The number of nitrogens with zero attached hydrogens (tertiary/aromatic N) is 3. The lowest BCUT2D eigenvalue weighted by molar-refractivity contribution is 0.398. The van der Waals surface area contributed by atoms with E-state index < -0.39 is 0 Å². The molecule has 0 atom stereocenters. The van der Waals surface area contributed by atoms with E-state index in [-0.39, 0.29) is 0 Å². The van der Waals surface area contributed by atoms with E-state index in [9.17, 15) is 0 Å². The van der Waals surface area contributed by atoms with Gasteiger partial charge in [0.2, 0.25) is 5.88 Å². The van der Waals surface area contributed by atoms with E-state index in [1.54, 1.807) is 7.11 Å². The van der Waals surface area contributed by atoms with E-state index in [0.29, 0.717) is 11.8 Å². The Bertz CT molecular complexity index is 539. The van der Waals surface area contributed by atoms with E-state index >= 15 is 0 Å². The summed E-state index contributed by atoms with van der Waals surface area (Å²) in [6.45, 7) is 3.13. The zero-order chi connectivity index (χ0) is 13.7. The fourth-order valence-electron chi connectivity index (χ4n) is 2.18. The summed E-state index contributed by atoms with van der Waals surface area (Å²) in [5.41, 5.74) is 1.75. The zero-order valence-electron chi connectivity index (χ0n) is 11.5. The number of hydrogen-bond donors (Lipinski definition) is 0. The van der Waals surface area contributed by atoms with Crippen molar-refractivity contribution in [3.8, 4) is 5.88 Å². The number of halogens is 1. The van der Waals surface area contributed by atoms with E-state index in [1.807, 2.05) is 12.1 Å². The molecule has 0 aliphatic carbocycles. The van der Waals surface area contributed by atoms with E-state index in [0.717, 1.165) is 30.0 Å². The van der Waals surface area contributed by atoms with Crippen LogP contribution in [0.3, 0.4) is 0 Å². The second-order valence-corrected chi connectivity index (χ2v) is 4.84. The fraction of sp³-hybridized carbons (Fsp3) is 0.571. The lowest BCUT2D eigenvalue weighted by atomic mass is 10.2. The highest BCUT2D eigenvalue weighted by Crippen LogP contribution is 2.20. The number of aryl methyl sites for hydroxylation is 1. The van der Waals surface area contributed by atoms with Gasteiger partial charge in [0.1, 0.15) is 11.3 Å². The van der Waals surface area contributed by atoms with Crippen molar-refractivity contribution < 1.29 is 4.74 Å². The Morgan fingerprint density at radius 3 is 2.74 bits per heavy atom. The Hall–Kier alpha value is -1.29. The largest absolute Gasteiger partial charge is 0.481 e. The minimum absolute atomic E-state index is 0.409. The van der Waals surface area contributed by atoms with Crippen LogP contribution < -0.4 is 4.74 Å². The molecule has 5 heteroatoms. The molecule has 2 rings (SSSR count). The Morgan fingerprint density at radius 1 is 1.21 bits per heavy atom. The lowest BCUT2D eigenvalue weighted by Gasteiger charge is -2.07. The summed E-state index contributed by atoms with van der Waals surface area (Å²) in [5, 5.41) is 0. The normalized spacial score (nSPS) is 11.1. The Labute approximate surface area is 118 Å². The average molecular weight is 282 g/mol. The first-order valence-electron chi connectivity index (χ1n) is 6.76.